The maximum Gasteiger partial charge on any atom is 0.0643 e. The van der Waals surface area contributed by atoms with E-state index in [0.29, 0.717) is 11.6 Å². The van der Waals surface area contributed by atoms with Crippen LogP contribution < -0.4 is 10.2 Å². The second-order valence-corrected chi connectivity index (χ2v) is 5.32. The average molecular weight is 305 g/mol. The zero-order valence-electron chi connectivity index (χ0n) is 12.2. The van der Waals surface area contributed by atoms with Crippen molar-refractivity contribution < 1.29 is 5.11 Å². The van der Waals surface area contributed by atoms with Crippen molar-refractivity contribution in [2.75, 3.05) is 25.1 Å². The fourth-order valence-electron chi connectivity index (χ4n) is 2.44. The molecule has 2 aromatic rings. The highest BCUT2D eigenvalue weighted by molar-refractivity contribution is 6.33. The van der Waals surface area contributed by atoms with Gasteiger partial charge in [0.1, 0.15) is 0 Å². The second kappa shape index (κ2) is 8.03. The number of rotatable bonds is 7. The summed E-state index contributed by atoms with van der Waals surface area (Å²) in [5, 5.41) is 13.3. The molecule has 0 amide bonds. The highest BCUT2D eigenvalue weighted by Crippen LogP contribution is 2.31. The van der Waals surface area contributed by atoms with Crippen molar-refractivity contribution in [2.24, 2.45) is 0 Å². The molecule has 3 nitrogen and oxygen atoms in total. The molecule has 2 aromatic carbocycles. The van der Waals surface area contributed by atoms with Crippen LogP contribution in [-0.4, -0.2) is 25.3 Å². The molecule has 0 aliphatic carbocycles. The number of nitrogens with one attached hydrogen (secondary N) is 1. The van der Waals surface area contributed by atoms with E-state index in [-0.39, 0.29) is 6.61 Å². The van der Waals surface area contributed by atoms with Gasteiger partial charge < -0.3 is 15.3 Å². The number of nitrogens with zero attached hydrogens (tertiary/aromatic N) is 1. The van der Waals surface area contributed by atoms with Crippen LogP contribution in [0.15, 0.2) is 48.5 Å². The Morgan fingerprint density at radius 1 is 1.10 bits per heavy atom. The van der Waals surface area contributed by atoms with Gasteiger partial charge in [-0.15, -0.1) is 0 Å². The Labute approximate surface area is 131 Å². The maximum absolute atomic E-state index is 9.39. The predicted octanol–water partition coefficient (Wildman–Crippen LogP) is 3.06. The van der Waals surface area contributed by atoms with Crippen molar-refractivity contribution >= 4 is 17.3 Å². The first-order chi connectivity index (χ1) is 10.3. The molecule has 21 heavy (non-hydrogen) atoms. The van der Waals surface area contributed by atoms with Gasteiger partial charge in [0.05, 0.1) is 17.3 Å². The third-order valence-corrected chi connectivity index (χ3v) is 3.64. The zero-order chi connectivity index (χ0) is 15.1. The number of hydrogen-bond donors (Lipinski definition) is 2. The Bertz CT molecular complexity index is 560. The Morgan fingerprint density at radius 3 is 2.52 bits per heavy atom. The second-order valence-electron chi connectivity index (χ2n) is 4.91. The summed E-state index contributed by atoms with van der Waals surface area (Å²) >= 11 is 6.41. The number of aliphatic hydroxyl groups excluding tert-OH is 1. The minimum absolute atomic E-state index is 0.0943. The molecule has 112 valence electrons. The number of hydrogen-bond acceptors (Lipinski definition) is 3. The molecule has 0 saturated carbocycles. The van der Waals surface area contributed by atoms with Gasteiger partial charge in [0, 0.05) is 19.6 Å². The first-order valence-corrected chi connectivity index (χ1v) is 7.45. The molecule has 0 aliphatic heterocycles. The number of benzene rings is 2. The summed E-state index contributed by atoms with van der Waals surface area (Å²) in [5.41, 5.74) is 3.32. The molecule has 0 radical (unpaired) electrons. The normalized spacial score (nSPS) is 10.6. The summed E-state index contributed by atoms with van der Waals surface area (Å²) in [5.74, 6) is 0. The van der Waals surface area contributed by atoms with Crippen LogP contribution >= 0.6 is 11.6 Å². The Balaban J connectivity index is 2.33. The third-order valence-electron chi connectivity index (χ3n) is 3.34. The van der Waals surface area contributed by atoms with Crippen molar-refractivity contribution in [2.45, 2.75) is 13.1 Å². The maximum atomic E-state index is 9.39. The van der Waals surface area contributed by atoms with Gasteiger partial charge in [-0.05, 0) is 24.2 Å². The SMILES string of the molecule is CNCc1cccc(Cl)c1N(CCO)Cc1ccccc1. The first-order valence-electron chi connectivity index (χ1n) is 7.08. The molecule has 0 unspecified atom stereocenters. The Morgan fingerprint density at radius 2 is 1.86 bits per heavy atom. The van der Waals surface area contributed by atoms with Crippen LogP contribution in [0.1, 0.15) is 11.1 Å². The van der Waals surface area contributed by atoms with Gasteiger partial charge in [-0.3, -0.25) is 0 Å². The molecule has 0 atom stereocenters. The third kappa shape index (κ3) is 4.21. The summed E-state index contributed by atoms with van der Waals surface area (Å²) in [7, 11) is 1.91. The minimum Gasteiger partial charge on any atom is -0.395 e. The number of halogens is 1. The van der Waals surface area contributed by atoms with E-state index in [2.05, 4.69) is 28.4 Å². The summed E-state index contributed by atoms with van der Waals surface area (Å²) in [6.45, 7) is 2.11. The lowest BCUT2D eigenvalue weighted by atomic mass is 10.1. The van der Waals surface area contributed by atoms with E-state index in [4.69, 9.17) is 11.6 Å². The molecule has 2 N–H and O–H groups in total. The Hall–Kier alpha value is -1.55. The van der Waals surface area contributed by atoms with Crippen LogP contribution in [0.3, 0.4) is 0 Å². The molecule has 0 saturated heterocycles. The molecule has 4 heteroatoms. The predicted molar refractivity (Wildman–Crippen MR) is 88.8 cm³/mol. The van der Waals surface area contributed by atoms with E-state index in [9.17, 15) is 5.11 Å². The van der Waals surface area contributed by atoms with Crippen LogP contribution in [0.2, 0.25) is 5.02 Å². The van der Waals surface area contributed by atoms with Gasteiger partial charge in [0.15, 0.2) is 0 Å². The van der Waals surface area contributed by atoms with E-state index in [1.807, 2.05) is 37.4 Å². The van der Waals surface area contributed by atoms with Crippen LogP contribution in [0, 0.1) is 0 Å². The van der Waals surface area contributed by atoms with Gasteiger partial charge in [-0.1, -0.05) is 54.1 Å². The lowest BCUT2D eigenvalue weighted by Crippen LogP contribution is -2.28. The highest BCUT2D eigenvalue weighted by atomic mass is 35.5. The Kier molecular flexibility index (Phi) is 6.05. The van der Waals surface area contributed by atoms with Crippen LogP contribution in [0.5, 0.6) is 0 Å². The van der Waals surface area contributed by atoms with Crippen LogP contribution in [0.25, 0.3) is 0 Å². The monoisotopic (exact) mass is 304 g/mol. The number of para-hydroxylation sites is 1. The van der Waals surface area contributed by atoms with Crippen molar-refractivity contribution in [1.82, 2.24) is 5.32 Å². The zero-order valence-corrected chi connectivity index (χ0v) is 13.0. The standard InChI is InChI=1S/C17H21ClN2O/c1-19-12-15-8-5-9-16(18)17(15)20(10-11-21)13-14-6-3-2-4-7-14/h2-9,19,21H,10-13H2,1H3. The molecular weight excluding hydrogens is 284 g/mol. The summed E-state index contributed by atoms with van der Waals surface area (Å²) in [6.07, 6.45) is 0. The summed E-state index contributed by atoms with van der Waals surface area (Å²) in [6, 6.07) is 16.1. The molecule has 0 aliphatic rings. The van der Waals surface area contributed by atoms with Crippen molar-refractivity contribution in [1.29, 1.82) is 0 Å². The highest BCUT2D eigenvalue weighted by Gasteiger charge is 2.14. The quantitative estimate of drug-likeness (QED) is 0.825. The number of anilines is 1. The lowest BCUT2D eigenvalue weighted by Gasteiger charge is -2.27. The fourth-order valence-corrected chi connectivity index (χ4v) is 2.76. The lowest BCUT2D eigenvalue weighted by molar-refractivity contribution is 0.301. The molecular formula is C17H21ClN2O. The molecule has 2 rings (SSSR count). The summed E-state index contributed by atoms with van der Waals surface area (Å²) < 4.78 is 0. The van der Waals surface area contributed by atoms with E-state index in [1.165, 1.54) is 5.56 Å². The van der Waals surface area contributed by atoms with Crippen LogP contribution in [-0.2, 0) is 13.1 Å². The van der Waals surface area contributed by atoms with Gasteiger partial charge >= 0.3 is 0 Å². The van der Waals surface area contributed by atoms with Gasteiger partial charge in [0.2, 0.25) is 0 Å². The van der Waals surface area contributed by atoms with E-state index in [0.717, 1.165) is 24.3 Å². The van der Waals surface area contributed by atoms with E-state index in [1.54, 1.807) is 0 Å². The largest absolute Gasteiger partial charge is 0.395 e. The first kappa shape index (κ1) is 15.8. The van der Waals surface area contributed by atoms with E-state index < -0.39 is 0 Å². The smallest absolute Gasteiger partial charge is 0.0643 e. The molecule has 0 heterocycles. The molecule has 0 aromatic heterocycles. The van der Waals surface area contributed by atoms with Crippen molar-refractivity contribution in [3.8, 4) is 0 Å². The van der Waals surface area contributed by atoms with Crippen molar-refractivity contribution in [3.63, 3.8) is 0 Å². The average Bonchev–Trinajstić information content (AvgIpc) is 2.49. The van der Waals surface area contributed by atoms with Gasteiger partial charge in [-0.25, -0.2) is 0 Å². The van der Waals surface area contributed by atoms with Crippen molar-refractivity contribution in [3.05, 3.63) is 64.7 Å². The minimum atomic E-state index is 0.0943. The van der Waals surface area contributed by atoms with Gasteiger partial charge in [-0.2, -0.15) is 0 Å². The van der Waals surface area contributed by atoms with Crippen LogP contribution in [0.4, 0.5) is 5.69 Å². The van der Waals surface area contributed by atoms with Gasteiger partial charge in [0.25, 0.3) is 0 Å². The molecule has 0 fully saturated rings. The topological polar surface area (TPSA) is 35.5 Å². The molecule has 0 spiro atoms. The fraction of sp³-hybridized carbons (Fsp3) is 0.294. The molecule has 0 bridgehead atoms. The van der Waals surface area contributed by atoms with E-state index >= 15 is 0 Å². The number of aliphatic hydroxyl groups is 1. The summed E-state index contributed by atoms with van der Waals surface area (Å²) in [4.78, 5) is 2.13.